The maximum atomic E-state index is 11.7. The lowest BCUT2D eigenvalue weighted by Crippen LogP contribution is -2.31. The van der Waals surface area contributed by atoms with Crippen molar-refractivity contribution in [2.45, 2.75) is 19.9 Å². The lowest BCUT2D eigenvalue weighted by atomic mass is 10.1. The van der Waals surface area contributed by atoms with Crippen LogP contribution in [0.4, 0.5) is 5.69 Å². The van der Waals surface area contributed by atoms with E-state index >= 15 is 0 Å². The molecule has 0 aromatic heterocycles. The summed E-state index contributed by atoms with van der Waals surface area (Å²) in [5.74, 6) is 2.04. The molecule has 17 heavy (non-hydrogen) atoms. The van der Waals surface area contributed by atoms with Crippen LogP contribution in [-0.2, 0) is 0 Å². The molecule has 0 saturated heterocycles. The average Bonchev–Trinajstić information content (AvgIpc) is 2.28. The predicted octanol–water partition coefficient (Wildman–Crippen LogP) is 1.65. The number of non-ortho nitro benzene ring substituents is 1. The average molecular weight is 232 g/mol. The zero-order valence-corrected chi connectivity index (χ0v) is 9.56. The Balaban J connectivity index is 2.97. The molecule has 0 aliphatic heterocycles. The first-order valence-electron chi connectivity index (χ1n) is 4.97. The summed E-state index contributed by atoms with van der Waals surface area (Å²) in [5.41, 5.74) is 0.891. The van der Waals surface area contributed by atoms with Crippen LogP contribution in [0, 0.1) is 29.4 Å². The molecule has 0 bridgehead atoms. The van der Waals surface area contributed by atoms with Gasteiger partial charge in [-0.1, -0.05) is 5.92 Å². The number of hydrogen-bond donors (Lipinski definition) is 1. The molecule has 0 spiro atoms. The third-order valence-electron chi connectivity index (χ3n) is 2.26. The highest BCUT2D eigenvalue weighted by Crippen LogP contribution is 2.17. The van der Waals surface area contributed by atoms with E-state index in [-0.39, 0.29) is 17.6 Å². The van der Waals surface area contributed by atoms with Gasteiger partial charge >= 0.3 is 0 Å². The number of terminal acetylenes is 1. The number of carbonyl (C=O) groups excluding carboxylic acids is 1. The van der Waals surface area contributed by atoms with Gasteiger partial charge in [-0.05, 0) is 25.5 Å². The second-order valence-electron chi connectivity index (χ2n) is 3.62. The van der Waals surface area contributed by atoms with Gasteiger partial charge in [0.1, 0.15) is 0 Å². The smallest absolute Gasteiger partial charge is 0.269 e. The molecule has 5 nitrogen and oxygen atoms in total. The molecule has 0 radical (unpaired) electrons. The van der Waals surface area contributed by atoms with Crippen molar-refractivity contribution in [1.29, 1.82) is 0 Å². The Kier molecular flexibility index (Phi) is 3.83. The van der Waals surface area contributed by atoms with E-state index in [1.807, 2.05) is 0 Å². The molecular weight excluding hydrogens is 220 g/mol. The largest absolute Gasteiger partial charge is 0.339 e. The number of amides is 1. The number of benzene rings is 1. The van der Waals surface area contributed by atoms with E-state index in [0.717, 1.165) is 0 Å². The zero-order valence-electron chi connectivity index (χ0n) is 9.56. The number of nitrogens with zero attached hydrogens (tertiary/aromatic N) is 1. The highest BCUT2D eigenvalue weighted by Gasteiger charge is 2.14. The summed E-state index contributed by atoms with van der Waals surface area (Å²) in [4.78, 5) is 21.8. The Labute approximate surface area is 99.0 Å². The zero-order chi connectivity index (χ0) is 13.0. The second kappa shape index (κ2) is 5.12. The Hall–Kier alpha value is -2.35. The fourth-order valence-electron chi connectivity index (χ4n) is 1.33. The van der Waals surface area contributed by atoms with Crippen LogP contribution >= 0.6 is 0 Å². The Bertz CT molecular complexity index is 503. The number of rotatable bonds is 3. The number of nitro benzene ring substituents is 1. The first-order valence-corrected chi connectivity index (χ1v) is 4.97. The fraction of sp³-hybridized carbons (Fsp3) is 0.250. The molecule has 1 aromatic carbocycles. The van der Waals surface area contributed by atoms with Crippen LogP contribution in [0.2, 0.25) is 0 Å². The third kappa shape index (κ3) is 3.05. The van der Waals surface area contributed by atoms with Crippen LogP contribution in [0.15, 0.2) is 18.2 Å². The van der Waals surface area contributed by atoms with E-state index in [1.165, 1.54) is 18.2 Å². The molecule has 0 fully saturated rings. The maximum absolute atomic E-state index is 11.7. The van der Waals surface area contributed by atoms with Crippen LogP contribution in [0.1, 0.15) is 22.8 Å². The Morgan fingerprint density at radius 2 is 2.24 bits per heavy atom. The second-order valence-corrected chi connectivity index (χ2v) is 3.62. The van der Waals surface area contributed by atoms with Crippen molar-refractivity contribution in [2.75, 3.05) is 0 Å². The van der Waals surface area contributed by atoms with E-state index in [9.17, 15) is 14.9 Å². The number of carbonyl (C=O) groups is 1. The van der Waals surface area contributed by atoms with Gasteiger partial charge in [0.15, 0.2) is 0 Å². The monoisotopic (exact) mass is 232 g/mol. The van der Waals surface area contributed by atoms with Crippen molar-refractivity contribution in [3.63, 3.8) is 0 Å². The molecule has 1 unspecified atom stereocenters. The quantitative estimate of drug-likeness (QED) is 0.489. The van der Waals surface area contributed by atoms with Crippen molar-refractivity contribution >= 4 is 11.6 Å². The molecule has 0 saturated carbocycles. The van der Waals surface area contributed by atoms with Gasteiger partial charge in [0.25, 0.3) is 11.6 Å². The highest BCUT2D eigenvalue weighted by molar-refractivity contribution is 5.96. The van der Waals surface area contributed by atoms with E-state index < -0.39 is 4.92 Å². The van der Waals surface area contributed by atoms with Crippen LogP contribution < -0.4 is 5.32 Å². The standard InChI is InChI=1S/C12H12N2O3/c1-4-9(3)13-12(15)11-6-5-10(14(16)17)7-8(11)2/h1,5-7,9H,2-3H3,(H,13,15). The maximum Gasteiger partial charge on any atom is 0.269 e. The fourth-order valence-corrected chi connectivity index (χ4v) is 1.33. The van der Waals surface area contributed by atoms with E-state index in [4.69, 9.17) is 6.42 Å². The van der Waals surface area contributed by atoms with Crippen LogP contribution in [0.25, 0.3) is 0 Å². The minimum Gasteiger partial charge on any atom is -0.339 e. The summed E-state index contributed by atoms with van der Waals surface area (Å²) in [6.07, 6.45) is 5.15. The van der Waals surface area contributed by atoms with Gasteiger partial charge in [-0.15, -0.1) is 6.42 Å². The summed E-state index contributed by atoms with van der Waals surface area (Å²) >= 11 is 0. The minimum atomic E-state index is -0.501. The predicted molar refractivity (Wildman–Crippen MR) is 63.6 cm³/mol. The summed E-state index contributed by atoms with van der Waals surface area (Å²) in [6, 6.07) is 3.70. The summed E-state index contributed by atoms with van der Waals surface area (Å²) in [6.45, 7) is 3.32. The van der Waals surface area contributed by atoms with Gasteiger partial charge in [-0.2, -0.15) is 0 Å². The van der Waals surface area contributed by atoms with Crippen molar-refractivity contribution in [1.82, 2.24) is 5.32 Å². The van der Waals surface area contributed by atoms with Crippen molar-refractivity contribution in [3.8, 4) is 12.3 Å². The lowest BCUT2D eigenvalue weighted by Gasteiger charge is -2.09. The molecule has 88 valence electrons. The molecule has 1 amide bonds. The topological polar surface area (TPSA) is 72.2 Å². The van der Waals surface area contributed by atoms with Gasteiger partial charge < -0.3 is 5.32 Å². The summed E-state index contributed by atoms with van der Waals surface area (Å²) < 4.78 is 0. The van der Waals surface area contributed by atoms with E-state index in [2.05, 4.69) is 11.2 Å². The highest BCUT2D eigenvalue weighted by atomic mass is 16.6. The number of hydrogen-bond acceptors (Lipinski definition) is 3. The molecule has 1 rings (SSSR count). The first kappa shape index (κ1) is 12.7. The van der Waals surface area contributed by atoms with E-state index in [0.29, 0.717) is 11.1 Å². The van der Waals surface area contributed by atoms with Gasteiger partial charge in [0.2, 0.25) is 0 Å². The van der Waals surface area contributed by atoms with Gasteiger partial charge in [0, 0.05) is 17.7 Å². The molecule has 0 heterocycles. The van der Waals surface area contributed by atoms with Crippen molar-refractivity contribution < 1.29 is 9.72 Å². The minimum absolute atomic E-state index is 0.0379. The summed E-state index contributed by atoms with van der Waals surface area (Å²) in [5, 5.41) is 13.1. The van der Waals surface area contributed by atoms with Gasteiger partial charge in [-0.3, -0.25) is 14.9 Å². The molecule has 0 aliphatic rings. The number of nitrogens with one attached hydrogen (secondary N) is 1. The molecular formula is C12H12N2O3. The van der Waals surface area contributed by atoms with E-state index in [1.54, 1.807) is 13.8 Å². The Morgan fingerprint density at radius 1 is 1.59 bits per heavy atom. The van der Waals surface area contributed by atoms with Crippen molar-refractivity contribution in [3.05, 3.63) is 39.4 Å². The summed E-state index contributed by atoms with van der Waals surface area (Å²) in [7, 11) is 0. The SMILES string of the molecule is C#CC(C)NC(=O)c1ccc([N+](=O)[O-])cc1C. The van der Waals surface area contributed by atoms with Crippen LogP contribution in [-0.4, -0.2) is 16.9 Å². The van der Waals surface area contributed by atoms with Gasteiger partial charge in [0.05, 0.1) is 11.0 Å². The van der Waals surface area contributed by atoms with Crippen LogP contribution in [0.3, 0.4) is 0 Å². The molecule has 1 N–H and O–H groups in total. The Morgan fingerprint density at radius 3 is 2.71 bits per heavy atom. The normalized spacial score (nSPS) is 11.4. The molecule has 1 atom stereocenters. The molecule has 5 heteroatoms. The third-order valence-corrected chi connectivity index (χ3v) is 2.26. The van der Waals surface area contributed by atoms with Crippen molar-refractivity contribution in [2.24, 2.45) is 0 Å². The number of nitro groups is 1. The molecule has 1 aromatic rings. The molecule has 0 aliphatic carbocycles. The number of aryl methyl sites for hydroxylation is 1. The van der Waals surface area contributed by atoms with Gasteiger partial charge in [-0.25, -0.2) is 0 Å². The first-order chi connectivity index (χ1) is 7.95. The lowest BCUT2D eigenvalue weighted by molar-refractivity contribution is -0.384. The van der Waals surface area contributed by atoms with Crippen LogP contribution in [0.5, 0.6) is 0 Å².